The van der Waals surface area contributed by atoms with Crippen molar-refractivity contribution in [3.05, 3.63) is 105 Å². The van der Waals surface area contributed by atoms with Crippen molar-refractivity contribution in [2.24, 2.45) is 5.41 Å². The highest BCUT2D eigenvalue weighted by Crippen LogP contribution is 2.44. The van der Waals surface area contributed by atoms with Gasteiger partial charge in [0.2, 0.25) is 5.91 Å². The van der Waals surface area contributed by atoms with E-state index in [1.54, 1.807) is 54.3 Å². The number of carboxylic acids is 1. The Labute approximate surface area is 333 Å². The van der Waals surface area contributed by atoms with Crippen molar-refractivity contribution < 1.29 is 29.1 Å². The van der Waals surface area contributed by atoms with E-state index in [-0.39, 0.29) is 47.8 Å². The molecule has 1 aliphatic rings. The molecule has 298 valence electrons. The van der Waals surface area contributed by atoms with E-state index in [1.807, 2.05) is 30.3 Å². The first kappa shape index (κ1) is 42.0. The first-order valence-electron chi connectivity index (χ1n) is 19.3. The van der Waals surface area contributed by atoms with Crippen molar-refractivity contribution in [1.29, 1.82) is 0 Å². The van der Waals surface area contributed by atoms with Crippen molar-refractivity contribution in [2.45, 2.75) is 91.8 Å². The zero-order valence-electron chi connectivity index (χ0n) is 33.3. The molecule has 5 rings (SSSR count). The van der Waals surface area contributed by atoms with E-state index in [9.17, 15) is 24.0 Å². The molecule has 2 aromatic heterocycles. The van der Waals surface area contributed by atoms with E-state index in [0.717, 1.165) is 53.7 Å². The Morgan fingerprint density at radius 3 is 2.36 bits per heavy atom. The van der Waals surface area contributed by atoms with Crippen LogP contribution in [0.4, 0.5) is 5.00 Å². The average molecular weight is 783 g/mol. The summed E-state index contributed by atoms with van der Waals surface area (Å²) in [6.45, 7) is 10.8. The summed E-state index contributed by atoms with van der Waals surface area (Å²) in [7, 11) is 3.29. The molecule has 0 atom stereocenters. The summed E-state index contributed by atoms with van der Waals surface area (Å²) in [5, 5.41) is 19.7. The molecule has 2 aromatic carbocycles. The van der Waals surface area contributed by atoms with Crippen molar-refractivity contribution >= 4 is 45.8 Å². The second-order valence-electron chi connectivity index (χ2n) is 15.4. The minimum atomic E-state index is -0.993. The van der Waals surface area contributed by atoms with Gasteiger partial charge in [-0.25, -0.2) is 0 Å². The van der Waals surface area contributed by atoms with E-state index in [4.69, 9.17) is 5.11 Å². The number of benzene rings is 2. The minimum absolute atomic E-state index is 0.0344. The predicted octanol–water partition coefficient (Wildman–Crippen LogP) is 6.66. The van der Waals surface area contributed by atoms with E-state index < -0.39 is 5.97 Å². The standard InChI is InChI=1S/C43H54N6O6S/c1-7-33(8-2)48(21-20-47(6)36(50)16-17-37(51)52)25-29-10-9-11-31(22-29)41(55)46-42-38(34-18-19-43(3,4)23-35(34)56-42)39(53)32-24-45-49(27-32)26-28-12-14-30(15-13-28)40(54)44-5/h9-15,22,24,27,33H,7-8,16-21,23,25-26H2,1-6H3,(H,44,54)(H,46,55)(H,51,52). The SMILES string of the molecule is CCC(CC)N(CCN(C)C(=O)CCC(=O)O)Cc1cccc(C(=O)Nc2sc3c(c2C(=O)c2cnn(Cc4ccc(C(=O)NC)cc4)c2)CCC(C)(C)C3)c1. The second-order valence-corrected chi connectivity index (χ2v) is 16.5. The number of carboxylic acid groups (broad SMARTS) is 1. The molecule has 13 heteroatoms. The summed E-state index contributed by atoms with van der Waals surface area (Å²) in [5.74, 6) is -1.83. The Morgan fingerprint density at radius 2 is 1.68 bits per heavy atom. The molecule has 0 bridgehead atoms. The number of nitrogens with one attached hydrogen (secondary N) is 2. The van der Waals surface area contributed by atoms with Gasteiger partial charge in [-0.05, 0) is 78.5 Å². The molecule has 0 unspecified atom stereocenters. The van der Waals surface area contributed by atoms with E-state index >= 15 is 0 Å². The molecule has 3 N–H and O–H groups in total. The summed E-state index contributed by atoms with van der Waals surface area (Å²) >= 11 is 1.48. The largest absolute Gasteiger partial charge is 0.481 e. The van der Waals surface area contributed by atoms with Crippen LogP contribution in [-0.2, 0) is 35.5 Å². The van der Waals surface area contributed by atoms with E-state index in [0.29, 0.717) is 53.4 Å². The molecule has 0 aliphatic heterocycles. The first-order chi connectivity index (χ1) is 26.7. The van der Waals surface area contributed by atoms with Crippen LogP contribution in [0.25, 0.3) is 0 Å². The van der Waals surface area contributed by atoms with Gasteiger partial charge in [0.05, 0.1) is 30.3 Å². The molecule has 0 saturated carbocycles. The zero-order valence-corrected chi connectivity index (χ0v) is 34.1. The Balaban J connectivity index is 1.34. The average Bonchev–Trinajstić information content (AvgIpc) is 3.79. The van der Waals surface area contributed by atoms with Gasteiger partial charge in [-0.15, -0.1) is 11.3 Å². The van der Waals surface area contributed by atoms with Gasteiger partial charge in [0.1, 0.15) is 5.00 Å². The molecule has 4 aromatic rings. The molecule has 0 fully saturated rings. The first-order valence-corrected chi connectivity index (χ1v) is 20.2. The molecule has 0 spiro atoms. The maximum atomic E-state index is 14.3. The van der Waals surface area contributed by atoms with Crippen LogP contribution < -0.4 is 10.6 Å². The number of hydrogen-bond acceptors (Lipinski definition) is 8. The number of likely N-dealkylation sites (N-methyl/N-ethyl adjacent to an activating group) is 1. The third-order valence-corrected chi connectivity index (χ3v) is 11.8. The topological polar surface area (TPSA) is 154 Å². The van der Waals surface area contributed by atoms with Crippen LogP contribution in [-0.4, -0.2) is 87.4 Å². The number of carbonyl (C=O) groups excluding carboxylic acids is 4. The molecular weight excluding hydrogens is 729 g/mol. The van der Waals surface area contributed by atoms with Crippen LogP contribution in [0.15, 0.2) is 60.9 Å². The number of carbonyl (C=O) groups is 5. The lowest BCUT2D eigenvalue weighted by atomic mass is 9.76. The molecule has 0 saturated heterocycles. The third-order valence-electron chi connectivity index (χ3n) is 10.7. The third kappa shape index (κ3) is 10.6. The molecule has 12 nitrogen and oxygen atoms in total. The fraction of sp³-hybridized carbons (Fsp3) is 0.442. The number of aliphatic carboxylic acids is 1. The number of amides is 3. The van der Waals surface area contributed by atoms with Crippen LogP contribution in [0, 0.1) is 5.41 Å². The van der Waals surface area contributed by atoms with Gasteiger partial charge in [-0.3, -0.25) is 33.6 Å². The van der Waals surface area contributed by atoms with Crippen molar-refractivity contribution in [1.82, 2.24) is 24.9 Å². The molecule has 56 heavy (non-hydrogen) atoms. The summed E-state index contributed by atoms with van der Waals surface area (Å²) < 4.78 is 1.70. The second kappa shape index (κ2) is 18.7. The summed E-state index contributed by atoms with van der Waals surface area (Å²) in [4.78, 5) is 68.7. The Morgan fingerprint density at radius 1 is 0.946 bits per heavy atom. The molecule has 0 radical (unpaired) electrons. The van der Waals surface area contributed by atoms with E-state index in [2.05, 4.69) is 48.3 Å². The van der Waals surface area contributed by atoms with Crippen molar-refractivity contribution in [3.63, 3.8) is 0 Å². The number of fused-ring (bicyclic) bond motifs is 1. The molecule has 1 aliphatic carbocycles. The Bertz CT molecular complexity index is 2050. The Hall–Kier alpha value is -5.14. The quantitative estimate of drug-likeness (QED) is 0.0948. The maximum Gasteiger partial charge on any atom is 0.303 e. The number of thiophene rings is 1. The fourth-order valence-electron chi connectivity index (χ4n) is 7.26. The van der Waals surface area contributed by atoms with Gasteiger partial charge in [0.25, 0.3) is 11.8 Å². The number of rotatable bonds is 18. The number of nitrogens with zero attached hydrogens (tertiary/aromatic N) is 4. The fourth-order valence-corrected chi connectivity index (χ4v) is 8.76. The summed E-state index contributed by atoms with van der Waals surface area (Å²) in [6, 6.07) is 15.0. The minimum Gasteiger partial charge on any atom is -0.481 e. The van der Waals surface area contributed by atoms with Crippen LogP contribution >= 0.6 is 11.3 Å². The predicted molar refractivity (Wildman–Crippen MR) is 218 cm³/mol. The van der Waals surface area contributed by atoms with Crippen LogP contribution in [0.1, 0.15) is 118 Å². The molecular formula is C43H54N6O6S. The highest BCUT2D eigenvalue weighted by atomic mass is 32.1. The maximum absolute atomic E-state index is 14.3. The van der Waals surface area contributed by atoms with Gasteiger partial charge in [0, 0.05) is 68.4 Å². The van der Waals surface area contributed by atoms with E-state index in [1.165, 1.54) is 11.3 Å². The van der Waals surface area contributed by atoms with Gasteiger partial charge < -0.3 is 20.6 Å². The van der Waals surface area contributed by atoms with Crippen LogP contribution in [0.3, 0.4) is 0 Å². The number of anilines is 1. The highest BCUT2D eigenvalue weighted by molar-refractivity contribution is 7.17. The summed E-state index contributed by atoms with van der Waals surface area (Å²) in [5.41, 5.74) is 4.96. The lowest BCUT2D eigenvalue weighted by Crippen LogP contribution is -2.41. The number of aromatic nitrogens is 2. The highest BCUT2D eigenvalue weighted by Gasteiger charge is 2.33. The number of ketones is 1. The zero-order chi connectivity index (χ0) is 40.6. The lowest BCUT2D eigenvalue weighted by molar-refractivity contribution is -0.140. The van der Waals surface area contributed by atoms with Gasteiger partial charge in [-0.2, -0.15) is 5.10 Å². The Kier molecular flexibility index (Phi) is 14.0. The number of hydrogen-bond donors (Lipinski definition) is 3. The summed E-state index contributed by atoms with van der Waals surface area (Å²) in [6.07, 6.45) is 7.38. The molecule has 3 amide bonds. The van der Waals surface area contributed by atoms with Crippen molar-refractivity contribution in [2.75, 3.05) is 32.5 Å². The van der Waals surface area contributed by atoms with Gasteiger partial charge >= 0.3 is 5.97 Å². The van der Waals surface area contributed by atoms with Gasteiger partial charge in [0.15, 0.2) is 5.78 Å². The lowest BCUT2D eigenvalue weighted by Gasteiger charge is -2.32. The van der Waals surface area contributed by atoms with Crippen molar-refractivity contribution in [3.8, 4) is 0 Å². The monoisotopic (exact) mass is 782 g/mol. The molecule has 2 heterocycles. The normalized spacial score (nSPS) is 13.4. The van der Waals surface area contributed by atoms with Gasteiger partial charge in [-0.1, -0.05) is 52.0 Å². The smallest absolute Gasteiger partial charge is 0.303 e. The van der Waals surface area contributed by atoms with Crippen LogP contribution in [0.2, 0.25) is 0 Å². The van der Waals surface area contributed by atoms with Crippen LogP contribution in [0.5, 0.6) is 0 Å².